The number of carbonyl (C=O) groups is 2. The third-order valence-electron chi connectivity index (χ3n) is 2.89. The monoisotopic (exact) mass is 271 g/mol. The second kappa shape index (κ2) is 6.92. The number of carbonyl (C=O) groups excluding carboxylic acids is 2. The van der Waals surface area contributed by atoms with Crippen LogP contribution in [0.15, 0.2) is 0 Å². The summed E-state index contributed by atoms with van der Waals surface area (Å²) in [4.78, 5) is 22.6. The molecular weight excluding hydrogens is 244 g/mol. The molecule has 0 spiro atoms. The molecule has 0 saturated carbocycles. The molecule has 1 atom stereocenters. The third-order valence-corrected chi connectivity index (χ3v) is 2.89. The van der Waals surface area contributed by atoms with Crippen molar-refractivity contribution in [2.24, 2.45) is 16.7 Å². The summed E-state index contributed by atoms with van der Waals surface area (Å²) in [5.74, 6) is -1.91. The highest BCUT2D eigenvalue weighted by atomic mass is 16.5. The van der Waals surface area contributed by atoms with Gasteiger partial charge in [0.15, 0.2) is 0 Å². The number of hydrogen-bond donors (Lipinski definition) is 0. The SMILES string of the molecule is CC(C)(C)CCC(CCOC(=O)C(C)(C)C)C(=O)[O-]. The van der Waals surface area contributed by atoms with E-state index in [-0.39, 0.29) is 18.0 Å². The molecule has 0 aromatic carbocycles. The van der Waals surface area contributed by atoms with Crippen LogP contribution < -0.4 is 5.11 Å². The Labute approximate surface area is 116 Å². The van der Waals surface area contributed by atoms with Crippen molar-refractivity contribution < 1.29 is 19.4 Å². The average Bonchev–Trinajstić information content (AvgIpc) is 2.19. The van der Waals surface area contributed by atoms with Crippen molar-refractivity contribution in [1.82, 2.24) is 0 Å². The van der Waals surface area contributed by atoms with Crippen LogP contribution in [0.2, 0.25) is 0 Å². The molecule has 0 rings (SSSR count). The van der Waals surface area contributed by atoms with Crippen molar-refractivity contribution in [3.8, 4) is 0 Å². The van der Waals surface area contributed by atoms with E-state index in [1.807, 2.05) is 0 Å². The Balaban J connectivity index is 4.17. The molecule has 0 N–H and O–H groups in total. The van der Waals surface area contributed by atoms with Crippen molar-refractivity contribution >= 4 is 11.9 Å². The molecule has 0 heterocycles. The zero-order valence-electron chi connectivity index (χ0n) is 13.0. The van der Waals surface area contributed by atoms with Crippen molar-refractivity contribution in [2.75, 3.05) is 6.61 Å². The Morgan fingerprint density at radius 1 is 1.05 bits per heavy atom. The zero-order valence-corrected chi connectivity index (χ0v) is 13.0. The highest BCUT2D eigenvalue weighted by Crippen LogP contribution is 2.25. The lowest BCUT2D eigenvalue weighted by atomic mass is 9.86. The van der Waals surface area contributed by atoms with Gasteiger partial charge in [-0.25, -0.2) is 0 Å². The van der Waals surface area contributed by atoms with Crippen LogP contribution in [0, 0.1) is 16.7 Å². The lowest BCUT2D eigenvalue weighted by Gasteiger charge is -2.24. The number of ether oxygens (including phenoxy) is 1. The minimum absolute atomic E-state index is 0.0930. The average molecular weight is 271 g/mol. The summed E-state index contributed by atoms with van der Waals surface area (Å²) in [5.41, 5.74) is -0.460. The lowest BCUT2D eigenvalue weighted by Crippen LogP contribution is -2.33. The van der Waals surface area contributed by atoms with E-state index in [0.717, 1.165) is 6.42 Å². The summed E-state index contributed by atoms with van der Waals surface area (Å²) in [7, 11) is 0. The number of rotatable bonds is 6. The van der Waals surface area contributed by atoms with Crippen molar-refractivity contribution in [3.05, 3.63) is 0 Å². The van der Waals surface area contributed by atoms with Gasteiger partial charge >= 0.3 is 5.97 Å². The molecule has 0 aliphatic rings. The highest BCUT2D eigenvalue weighted by molar-refractivity contribution is 5.75. The molecule has 0 bridgehead atoms. The second-order valence-electron chi connectivity index (χ2n) is 7.29. The molecule has 0 aliphatic heterocycles. The minimum atomic E-state index is -1.06. The minimum Gasteiger partial charge on any atom is -0.550 e. The van der Waals surface area contributed by atoms with Crippen LogP contribution in [0.3, 0.4) is 0 Å². The predicted molar refractivity (Wildman–Crippen MR) is 72.2 cm³/mol. The van der Waals surface area contributed by atoms with Gasteiger partial charge in [0.2, 0.25) is 0 Å². The third kappa shape index (κ3) is 8.62. The first-order chi connectivity index (χ1) is 8.43. The van der Waals surface area contributed by atoms with Crippen LogP contribution in [0.4, 0.5) is 0 Å². The summed E-state index contributed by atoms with van der Waals surface area (Å²) in [5, 5.41) is 11.0. The fourth-order valence-corrected chi connectivity index (χ4v) is 1.50. The van der Waals surface area contributed by atoms with Crippen molar-refractivity contribution in [1.29, 1.82) is 0 Å². The van der Waals surface area contributed by atoms with E-state index < -0.39 is 17.3 Å². The summed E-state index contributed by atoms with van der Waals surface area (Å²) in [6.45, 7) is 11.7. The molecule has 0 aromatic heterocycles. The number of aliphatic carboxylic acids is 1. The molecule has 19 heavy (non-hydrogen) atoms. The zero-order chi connectivity index (χ0) is 15.3. The van der Waals surface area contributed by atoms with Gasteiger partial charge in [-0.05, 0) is 45.4 Å². The maximum atomic E-state index is 11.5. The van der Waals surface area contributed by atoms with Crippen LogP contribution in [0.1, 0.15) is 60.8 Å². The molecule has 0 amide bonds. The van der Waals surface area contributed by atoms with Gasteiger partial charge in [0.05, 0.1) is 12.0 Å². The van der Waals surface area contributed by atoms with E-state index >= 15 is 0 Å². The molecule has 0 fully saturated rings. The van der Waals surface area contributed by atoms with Crippen LogP contribution >= 0.6 is 0 Å². The van der Waals surface area contributed by atoms with Gasteiger partial charge in [-0.15, -0.1) is 0 Å². The molecule has 112 valence electrons. The topological polar surface area (TPSA) is 66.4 Å². The molecule has 0 aromatic rings. The maximum absolute atomic E-state index is 11.5. The van der Waals surface area contributed by atoms with E-state index in [1.165, 1.54) is 0 Å². The van der Waals surface area contributed by atoms with E-state index in [1.54, 1.807) is 20.8 Å². The Kier molecular flexibility index (Phi) is 6.53. The van der Waals surface area contributed by atoms with Gasteiger partial charge < -0.3 is 14.6 Å². The van der Waals surface area contributed by atoms with Crippen LogP contribution in [0.5, 0.6) is 0 Å². The predicted octanol–water partition coefficient (Wildman–Crippen LogP) is 2.16. The Morgan fingerprint density at radius 2 is 1.58 bits per heavy atom. The molecule has 4 nitrogen and oxygen atoms in total. The number of carboxylic acids is 1. The number of hydrogen-bond acceptors (Lipinski definition) is 4. The molecule has 4 heteroatoms. The number of esters is 1. The second-order valence-corrected chi connectivity index (χ2v) is 7.29. The van der Waals surface area contributed by atoms with Crippen LogP contribution in [-0.4, -0.2) is 18.5 Å². The van der Waals surface area contributed by atoms with Crippen LogP contribution in [-0.2, 0) is 14.3 Å². The summed E-state index contributed by atoms with van der Waals surface area (Å²) in [6.07, 6.45) is 1.68. The standard InChI is InChI=1S/C15H28O4/c1-14(2,3)9-7-11(12(16)17)8-10-19-13(18)15(4,5)6/h11H,7-10H2,1-6H3,(H,16,17)/p-1. The molecule has 0 saturated heterocycles. The van der Waals surface area contributed by atoms with E-state index in [9.17, 15) is 14.7 Å². The largest absolute Gasteiger partial charge is 0.550 e. The van der Waals surface area contributed by atoms with E-state index in [4.69, 9.17) is 4.74 Å². The summed E-state index contributed by atoms with van der Waals surface area (Å²) in [6, 6.07) is 0. The fourth-order valence-electron chi connectivity index (χ4n) is 1.50. The normalized spacial score (nSPS) is 14.0. The van der Waals surface area contributed by atoms with Gasteiger partial charge in [0.25, 0.3) is 0 Å². The summed E-state index contributed by atoms with van der Waals surface area (Å²) < 4.78 is 5.09. The molecular formula is C15H27O4-. The van der Waals surface area contributed by atoms with Crippen molar-refractivity contribution in [2.45, 2.75) is 60.8 Å². The van der Waals surface area contributed by atoms with Gasteiger partial charge in [0.1, 0.15) is 0 Å². The van der Waals surface area contributed by atoms with E-state index in [0.29, 0.717) is 12.8 Å². The van der Waals surface area contributed by atoms with Gasteiger partial charge in [-0.2, -0.15) is 0 Å². The first-order valence-electron chi connectivity index (χ1n) is 6.81. The maximum Gasteiger partial charge on any atom is 0.311 e. The van der Waals surface area contributed by atoms with Crippen molar-refractivity contribution in [3.63, 3.8) is 0 Å². The Hall–Kier alpha value is -1.06. The van der Waals surface area contributed by atoms with Gasteiger partial charge in [0, 0.05) is 11.9 Å². The first-order valence-corrected chi connectivity index (χ1v) is 6.81. The molecule has 1 unspecified atom stereocenters. The molecule has 0 aliphatic carbocycles. The van der Waals surface area contributed by atoms with Crippen LogP contribution in [0.25, 0.3) is 0 Å². The molecule has 0 radical (unpaired) electrons. The van der Waals surface area contributed by atoms with Gasteiger partial charge in [-0.3, -0.25) is 4.79 Å². The quantitative estimate of drug-likeness (QED) is 0.694. The Bertz CT molecular complexity index is 307. The Morgan fingerprint density at radius 3 is 1.95 bits per heavy atom. The van der Waals surface area contributed by atoms with Gasteiger partial charge in [-0.1, -0.05) is 20.8 Å². The van der Waals surface area contributed by atoms with E-state index in [2.05, 4.69) is 20.8 Å². The highest BCUT2D eigenvalue weighted by Gasteiger charge is 2.23. The smallest absolute Gasteiger partial charge is 0.311 e. The first kappa shape index (κ1) is 17.9. The lowest BCUT2D eigenvalue weighted by molar-refractivity contribution is -0.312. The fraction of sp³-hybridized carbons (Fsp3) is 0.867. The summed E-state index contributed by atoms with van der Waals surface area (Å²) >= 11 is 0. The number of carboxylic acid groups (broad SMARTS) is 1.